The number of rotatable bonds is 1. The van der Waals surface area contributed by atoms with Gasteiger partial charge in [-0.05, 0) is 39.5 Å². The second-order valence-electron chi connectivity index (χ2n) is 6.75. The number of nitrogens with one attached hydrogen (secondary N) is 1. The van der Waals surface area contributed by atoms with E-state index in [1.165, 1.54) is 51.6 Å². The van der Waals surface area contributed by atoms with Crippen molar-refractivity contribution in [3.8, 4) is 0 Å². The fourth-order valence-electron chi connectivity index (χ4n) is 4.19. The van der Waals surface area contributed by atoms with E-state index < -0.39 is 0 Å². The zero-order valence-electron chi connectivity index (χ0n) is 12.0. The molecule has 3 unspecified atom stereocenters. The summed E-state index contributed by atoms with van der Waals surface area (Å²) in [6, 6.07) is 1.44. The van der Waals surface area contributed by atoms with Crippen LogP contribution < -0.4 is 5.32 Å². The van der Waals surface area contributed by atoms with Gasteiger partial charge < -0.3 is 10.1 Å². The van der Waals surface area contributed by atoms with E-state index in [1.54, 1.807) is 0 Å². The molecular formula is C15H28N2O. The third-order valence-corrected chi connectivity index (χ3v) is 5.31. The Bertz CT molecular complexity index is 288. The summed E-state index contributed by atoms with van der Waals surface area (Å²) < 4.78 is 5.71. The summed E-state index contributed by atoms with van der Waals surface area (Å²) >= 11 is 0. The van der Waals surface area contributed by atoms with Crippen molar-refractivity contribution in [2.45, 2.75) is 76.1 Å². The Labute approximate surface area is 111 Å². The Hall–Kier alpha value is -0.120. The van der Waals surface area contributed by atoms with Crippen LogP contribution in [0, 0.1) is 0 Å². The number of piperazine rings is 1. The van der Waals surface area contributed by atoms with Crippen molar-refractivity contribution in [1.82, 2.24) is 10.2 Å². The van der Waals surface area contributed by atoms with Crippen molar-refractivity contribution < 1.29 is 4.74 Å². The van der Waals surface area contributed by atoms with Gasteiger partial charge in [0.25, 0.3) is 0 Å². The van der Waals surface area contributed by atoms with Crippen LogP contribution >= 0.6 is 0 Å². The third-order valence-electron chi connectivity index (χ3n) is 5.31. The molecule has 0 bridgehead atoms. The van der Waals surface area contributed by atoms with Crippen molar-refractivity contribution in [1.29, 1.82) is 0 Å². The van der Waals surface area contributed by atoms with Crippen LogP contribution in [0.1, 0.15) is 52.4 Å². The normalized spacial score (nSPS) is 41.3. The Morgan fingerprint density at radius 2 is 2.00 bits per heavy atom. The highest BCUT2D eigenvalue weighted by molar-refractivity contribution is 5.02. The molecule has 0 radical (unpaired) electrons. The van der Waals surface area contributed by atoms with Gasteiger partial charge in [-0.15, -0.1) is 0 Å². The fourth-order valence-corrected chi connectivity index (χ4v) is 4.19. The SMILES string of the molecule is CC1CC(N2CC3(CCCC3)NCC2C)CCO1. The molecule has 1 N–H and O–H groups in total. The van der Waals surface area contributed by atoms with Crippen LogP contribution in [0.3, 0.4) is 0 Å². The minimum atomic E-state index is 0.449. The van der Waals surface area contributed by atoms with Crippen LogP contribution in [-0.2, 0) is 4.74 Å². The molecule has 0 aromatic rings. The molecule has 2 saturated heterocycles. The van der Waals surface area contributed by atoms with E-state index in [2.05, 4.69) is 24.1 Å². The van der Waals surface area contributed by atoms with Gasteiger partial charge in [0, 0.05) is 37.3 Å². The summed E-state index contributed by atoms with van der Waals surface area (Å²) in [6.45, 7) is 8.01. The van der Waals surface area contributed by atoms with Crippen molar-refractivity contribution >= 4 is 0 Å². The van der Waals surface area contributed by atoms with Gasteiger partial charge in [0.15, 0.2) is 0 Å². The van der Waals surface area contributed by atoms with Crippen molar-refractivity contribution in [2.24, 2.45) is 0 Å². The van der Waals surface area contributed by atoms with Gasteiger partial charge in [-0.2, -0.15) is 0 Å². The van der Waals surface area contributed by atoms with Gasteiger partial charge in [0.2, 0.25) is 0 Å². The average molecular weight is 252 g/mol. The Morgan fingerprint density at radius 3 is 2.72 bits per heavy atom. The van der Waals surface area contributed by atoms with Crippen LogP contribution in [0.15, 0.2) is 0 Å². The van der Waals surface area contributed by atoms with Crippen LogP contribution in [0.4, 0.5) is 0 Å². The molecule has 2 aliphatic heterocycles. The average Bonchev–Trinajstić information content (AvgIpc) is 2.81. The van der Waals surface area contributed by atoms with Crippen molar-refractivity contribution in [2.75, 3.05) is 19.7 Å². The molecule has 0 amide bonds. The largest absolute Gasteiger partial charge is 0.378 e. The molecule has 3 nitrogen and oxygen atoms in total. The fraction of sp³-hybridized carbons (Fsp3) is 1.00. The van der Waals surface area contributed by atoms with E-state index in [0.29, 0.717) is 17.7 Å². The molecular weight excluding hydrogens is 224 g/mol. The van der Waals surface area contributed by atoms with Crippen molar-refractivity contribution in [3.05, 3.63) is 0 Å². The van der Waals surface area contributed by atoms with Gasteiger partial charge >= 0.3 is 0 Å². The molecule has 1 spiro atoms. The lowest BCUT2D eigenvalue weighted by atomic mass is 9.89. The quantitative estimate of drug-likeness (QED) is 0.774. The Balaban J connectivity index is 1.68. The number of ether oxygens (including phenoxy) is 1. The van der Waals surface area contributed by atoms with Gasteiger partial charge in [-0.25, -0.2) is 0 Å². The van der Waals surface area contributed by atoms with Gasteiger partial charge in [-0.3, -0.25) is 4.90 Å². The van der Waals surface area contributed by atoms with E-state index in [4.69, 9.17) is 4.74 Å². The number of nitrogens with zero attached hydrogens (tertiary/aromatic N) is 1. The zero-order valence-corrected chi connectivity index (χ0v) is 12.0. The van der Waals surface area contributed by atoms with Crippen LogP contribution in [0.25, 0.3) is 0 Å². The molecule has 3 aliphatic rings. The third kappa shape index (κ3) is 2.45. The summed E-state index contributed by atoms with van der Waals surface area (Å²) in [5.41, 5.74) is 0.452. The Morgan fingerprint density at radius 1 is 1.22 bits per heavy atom. The predicted molar refractivity (Wildman–Crippen MR) is 73.8 cm³/mol. The number of hydrogen-bond donors (Lipinski definition) is 1. The van der Waals surface area contributed by atoms with Gasteiger partial charge in [0.05, 0.1) is 6.10 Å². The van der Waals surface area contributed by atoms with E-state index in [1.807, 2.05) is 0 Å². The molecule has 1 saturated carbocycles. The topological polar surface area (TPSA) is 24.5 Å². The first kappa shape index (κ1) is 12.9. The van der Waals surface area contributed by atoms with Crippen molar-refractivity contribution in [3.63, 3.8) is 0 Å². The summed E-state index contributed by atoms with van der Waals surface area (Å²) in [5.74, 6) is 0. The lowest BCUT2D eigenvalue weighted by Gasteiger charge is -2.50. The molecule has 2 heterocycles. The van der Waals surface area contributed by atoms with Crippen LogP contribution in [0.5, 0.6) is 0 Å². The minimum absolute atomic E-state index is 0.449. The highest BCUT2D eigenvalue weighted by atomic mass is 16.5. The maximum absolute atomic E-state index is 5.71. The van der Waals surface area contributed by atoms with Gasteiger partial charge in [-0.1, -0.05) is 12.8 Å². The molecule has 1 aliphatic carbocycles. The first-order valence-electron chi connectivity index (χ1n) is 7.81. The van der Waals surface area contributed by atoms with Crippen LogP contribution in [0.2, 0.25) is 0 Å². The second-order valence-corrected chi connectivity index (χ2v) is 6.75. The van der Waals surface area contributed by atoms with Gasteiger partial charge in [0.1, 0.15) is 0 Å². The molecule has 0 aromatic carbocycles. The first-order valence-corrected chi connectivity index (χ1v) is 7.81. The number of hydrogen-bond acceptors (Lipinski definition) is 3. The summed E-state index contributed by atoms with van der Waals surface area (Å²) in [6.07, 6.45) is 8.50. The van der Waals surface area contributed by atoms with Crippen LogP contribution in [-0.4, -0.2) is 48.3 Å². The Kier molecular flexibility index (Phi) is 3.65. The lowest BCUT2D eigenvalue weighted by Crippen LogP contribution is -2.65. The minimum Gasteiger partial charge on any atom is -0.378 e. The molecule has 3 rings (SSSR count). The summed E-state index contributed by atoms with van der Waals surface area (Å²) in [7, 11) is 0. The lowest BCUT2D eigenvalue weighted by molar-refractivity contribution is -0.0443. The standard InChI is InChI=1S/C15H28N2O/c1-12-10-16-15(6-3-4-7-15)11-17(12)14-5-8-18-13(2)9-14/h12-14,16H,3-11H2,1-2H3. The molecule has 0 aromatic heterocycles. The first-order chi connectivity index (χ1) is 8.69. The van der Waals surface area contributed by atoms with E-state index >= 15 is 0 Å². The zero-order chi connectivity index (χ0) is 12.6. The molecule has 3 heteroatoms. The molecule has 3 atom stereocenters. The predicted octanol–water partition coefficient (Wildman–Crippen LogP) is 2.16. The van der Waals surface area contributed by atoms with E-state index in [9.17, 15) is 0 Å². The molecule has 104 valence electrons. The summed E-state index contributed by atoms with van der Waals surface area (Å²) in [5, 5.41) is 3.85. The smallest absolute Gasteiger partial charge is 0.0561 e. The molecule has 3 fully saturated rings. The highest BCUT2D eigenvalue weighted by Crippen LogP contribution is 2.35. The monoisotopic (exact) mass is 252 g/mol. The highest BCUT2D eigenvalue weighted by Gasteiger charge is 2.42. The maximum Gasteiger partial charge on any atom is 0.0561 e. The second kappa shape index (κ2) is 5.10. The maximum atomic E-state index is 5.71. The summed E-state index contributed by atoms with van der Waals surface area (Å²) in [4.78, 5) is 2.79. The van der Waals surface area contributed by atoms with E-state index in [0.717, 1.165) is 12.6 Å². The van der Waals surface area contributed by atoms with E-state index in [-0.39, 0.29) is 0 Å². The molecule has 18 heavy (non-hydrogen) atoms.